The second-order valence-corrected chi connectivity index (χ2v) is 12.0. The number of benzene rings is 2. The Balaban J connectivity index is 1.33. The van der Waals surface area contributed by atoms with Crippen LogP contribution in [0.5, 0.6) is 5.75 Å². The molecule has 2 aromatic carbocycles. The lowest BCUT2D eigenvalue weighted by molar-refractivity contribution is -0.146. The number of halogens is 3. The predicted octanol–water partition coefficient (Wildman–Crippen LogP) is 6.91. The first-order valence-corrected chi connectivity index (χ1v) is 15.3. The molecule has 0 radical (unpaired) electrons. The maximum absolute atomic E-state index is 14.1. The predicted molar refractivity (Wildman–Crippen MR) is 160 cm³/mol. The number of methoxy groups -OCH3 is 2. The normalized spacial score (nSPS) is 23.0. The molecule has 45 heavy (non-hydrogen) atoms. The summed E-state index contributed by atoms with van der Waals surface area (Å²) in [7, 11) is 3.03. The van der Waals surface area contributed by atoms with Crippen LogP contribution in [0, 0.1) is 23.4 Å². The Morgan fingerprint density at radius 1 is 0.956 bits per heavy atom. The number of amides is 1. The molecule has 3 aliphatic rings. The third-order valence-corrected chi connectivity index (χ3v) is 9.43. The van der Waals surface area contributed by atoms with Crippen molar-refractivity contribution in [3.63, 3.8) is 0 Å². The van der Waals surface area contributed by atoms with E-state index in [2.05, 4.69) is 17.0 Å². The highest BCUT2D eigenvalue weighted by atomic mass is 19.2. The third kappa shape index (κ3) is 5.92. The molecule has 2 aliphatic heterocycles. The summed E-state index contributed by atoms with van der Waals surface area (Å²) >= 11 is 0. The first-order chi connectivity index (χ1) is 21.7. The van der Waals surface area contributed by atoms with E-state index in [1.54, 1.807) is 14.0 Å². The number of anilines is 1. The molecule has 3 heterocycles. The van der Waals surface area contributed by atoms with Crippen molar-refractivity contribution in [1.82, 2.24) is 9.88 Å². The number of pyridine rings is 1. The molecular formula is C34H36F3N3O5. The highest BCUT2D eigenvalue weighted by molar-refractivity contribution is 5.76. The van der Waals surface area contributed by atoms with Crippen molar-refractivity contribution in [2.24, 2.45) is 5.92 Å². The summed E-state index contributed by atoms with van der Waals surface area (Å²) in [5, 5.41) is 0. The standard InChI is InChI=1S/C34H36F3N3O5/c1-19-32(23-16-26(35)31(37)27(36)17-23)45-34(42)40(19)18-28-24(10-12-30(38-28)39-13-4-14-39)25-15-22(9-11-29(25)43-2)20-5-7-21(8-6-20)33(41)44-3/h9-12,15-17,19-21,32H,4-8,13-14,18H2,1-3H3/t19-,20?,21?,32-/m0/s1. The summed E-state index contributed by atoms with van der Waals surface area (Å²) in [5.41, 5.74) is 3.38. The van der Waals surface area contributed by atoms with Crippen LogP contribution < -0.4 is 9.64 Å². The smallest absolute Gasteiger partial charge is 0.411 e. The molecule has 0 bridgehead atoms. The maximum atomic E-state index is 14.1. The molecule has 1 saturated carbocycles. The van der Waals surface area contributed by atoms with Gasteiger partial charge in [0.25, 0.3) is 0 Å². The first kappa shape index (κ1) is 30.7. The lowest BCUT2D eigenvalue weighted by atomic mass is 9.78. The van der Waals surface area contributed by atoms with Gasteiger partial charge in [0.15, 0.2) is 17.5 Å². The zero-order valence-corrected chi connectivity index (χ0v) is 25.5. The molecular weight excluding hydrogens is 587 g/mol. The summed E-state index contributed by atoms with van der Waals surface area (Å²) < 4.78 is 58.1. The van der Waals surface area contributed by atoms with Crippen molar-refractivity contribution in [3.8, 4) is 16.9 Å². The van der Waals surface area contributed by atoms with Crippen LogP contribution >= 0.6 is 0 Å². The Morgan fingerprint density at radius 3 is 2.29 bits per heavy atom. The molecule has 2 saturated heterocycles. The van der Waals surface area contributed by atoms with Crippen LogP contribution in [0.1, 0.15) is 67.9 Å². The zero-order valence-electron chi connectivity index (χ0n) is 25.5. The van der Waals surface area contributed by atoms with Crippen molar-refractivity contribution >= 4 is 17.9 Å². The molecule has 8 nitrogen and oxygen atoms in total. The quantitative estimate of drug-likeness (QED) is 0.199. The fraction of sp³-hybridized carbons (Fsp3) is 0.441. The zero-order chi connectivity index (χ0) is 31.8. The highest BCUT2D eigenvalue weighted by Crippen LogP contribution is 2.42. The van der Waals surface area contributed by atoms with Crippen LogP contribution in [0.2, 0.25) is 0 Å². The minimum Gasteiger partial charge on any atom is -0.496 e. The maximum Gasteiger partial charge on any atom is 0.411 e. The summed E-state index contributed by atoms with van der Waals surface area (Å²) in [6, 6.07) is 11.1. The number of carbonyl (C=O) groups excluding carboxylic acids is 2. The highest BCUT2D eigenvalue weighted by Gasteiger charge is 2.41. The molecule has 3 fully saturated rings. The molecule has 1 aliphatic carbocycles. The molecule has 2 atom stereocenters. The molecule has 238 valence electrons. The molecule has 6 rings (SSSR count). The Morgan fingerprint density at radius 2 is 1.67 bits per heavy atom. The number of rotatable bonds is 8. The van der Waals surface area contributed by atoms with Gasteiger partial charge in [-0.05, 0) is 86.9 Å². The van der Waals surface area contributed by atoms with Crippen molar-refractivity contribution < 1.29 is 37.0 Å². The van der Waals surface area contributed by atoms with Gasteiger partial charge in [0.05, 0.1) is 38.4 Å². The fourth-order valence-electron chi connectivity index (χ4n) is 6.66. The molecule has 1 amide bonds. The molecule has 3 aromatic rings. The lowest BCUT2D eigenvalue weighted by Crippen LogP contribution is -2.38. The van der Waals surface area contributed by atoms with Gasteiger partial charge in [0.1, 0.15) is 17.7 Å². The van der Waals surface area contributed by atoms with Gasteiger partial charge in [-0.1, -0.05) is 6.07 Å². The van der Waals surface area contributed by atoms with Crippen LogP contribution in [0.15, 0.2) is 42.5 Å². The number of aromatic nitrogens is 1. The molecule has 1 aromatic heterocycles. The number of hydrogen-bond acceptors (Lipinski definition) is 7. The Labute approximate surface area is 260 Å². The fourth-order valence-corrected chi connectivity index (χ4v) is 6.66. The van der Waals surface area contributed by atoms with Gasteiger partial charge in [-0.25, -0.2) is 22.9 Å². The van der Waals surface area contributed by atoms with Crippen LogP contribution in [0.25, 0.3) is 11.1 Å². The molecule has 0 unspecified atom stereocenters. The van der Waals surface area contributed by atoms with Gasteiger partial charge >= 0.3 is 12.1 Å². The van der Waals surface area contributed by atoms with E-state index in [-0.39, 0.29) is 29.9 Å². The van der Waals surface area contributed by atoms with Crippen molar-refractivity contribution in [3.05, 3.63) is 76.7 Å². The second kappa shape index (κ2) is 12.6. The number of ether oxygens (including phenoxy) is 3. The number of cyclic esters (lactones) is 1. The van der Waals surface area contributed by atoms with E-state index in [1.165, 1.54) is 12.0 Å². The summed E-state index contributed by atoms with van der Waals surface area (Å²) in [5.74, 6) is -2.80. The van der Waals surface area contributed by atoms with Gasteiger partial charge in [-0.2, -0.15) is 0 Å². The average molecular weight is 624 g/mol. The topological polar surface area (TPSA) is 81.2 Å². The molecule has 0 N–H and O–H groups in total. The van der Waals surface area contributed by atoms with Crippen LogP contribution in [0.4, 0.5) is 23.8 Å². The second-order valence-electron chi connectivity index (χ2n) is 12.0. The number of carbonyl (C=O) groups is 2. The summed E-state index contributed by atoms with van der Waals surface area (Å²) in [4.78, 5) is 33.9. The van der Waals surface area contributed by atoms with Gasteiger partial charge in [-0.15, -0.1) is 0 Å². The van der Waals surface area contributed by atoms with E-state index in [0.717, 1.165) is 79.8 Å². The summed E-state index contributed by atoms with van der Waals surface area (Å²) in [6.45, 7) is 3.55. The van der Waals surface area contributed by atoms with Gasteiger partial charge < -0.3 is 19.1 Å². The van der Waals surface area contributed by atoms with Crippen LogP contribution in [-0.4, -0.2) is 55.3 Å². The van der Waals surface area contributed by atoms with Gasteiger partial charge in [0, 0.05) is 29.8 Å². The van der Waals surface area contributed by atoms with E-state index in [0.29, 0.717) is 11.4 Å². The average Bonchev–Trinajstić information content (AvgIpc) is 3.30. The SMILES string of the molecule is COC(=O)C1CCC(c2ccc(OC)c(-c3ccc(N4CCC4)nc3CN3C(=O)O[C@H](c4cc(F)c(F)c(F)c4)[C@@H]3C)c2)CC1. The minimum atomic E-state index is -1.57. The number of nitrogens with zero attached hydrogens (tertiary/aromatic N) is 3. The Bertz CT molecular complexity index is 1580. The van der Waals surface area contributed by atoms with E-state index in [1.807, 2.05) is 18.2 Å². The van der Waals surface area contributed by atoms with Gasteiger partial charge in [0.2, 0.25) is 0 Å². The minimum absolute atomic E-state index is 0.0357. The van der Waals surface area contributed by atoms with Crippen molar-refractivity contribution in [2.45, 2.75) is 63.6 Å². The largest absolute Gasteiger partial charge is 0.496 e. The Hall–Kier alpha value is -4.28. The molecule has 0 spiro atoms. The molecule has 11 heteroatoms. The third-order valence-electron chi connectivity index (χ3n) is 9.43. The first-order valence-electron chi connectivity index (χ1n) is 15.3. The summed E-state index contributed by atoms with van der Waals surface area (Å²) in [6.07, 6.45) is 2.63. The van der Waals surface area contributed by atoms with E-state index in [4.69, 9.17) is 19.2 Å². The van der Waals surface area contributed by atoms with E-state index in [9.17, 15) is 22.8 Å². The Kier molecular flexibility index (Phi) is 8.61. The number of esters is 1. The van der Waals surface area contributed by atoms with E-state index >= 15 is 0 Å². The monoisotopic (exact) mass is 623 g/mol. The van der Waals surface area contributed by atoms with Crippen molar-refractivity contribution in [1.29, 1.82) is 0 Å². The van der Waals surface area contributed by atoms with E-state index < -0.39 is 35.7 Å². The lowest BCUT2D eigenvalue weighted by Gasteiger charge is -2.33. The van der Waals surface area contributed by atoms with Crippen molar-refractivity contribution in [2.75, 3.05) is 32.2 Å². The van der Waals surface area contributed by atoms with Crippen LogP contribution in [-0.2, 0) is 20.8 Å². The number of hydrogen-bond donors (Lipinski definition) is 0. The van der Waals surface area contributed by atoms with Crippen LogP contribution in [0.3, 0.4) is 0 Å². The van der Waals surface area contributed by atoms with Gasteiger partial charge in [-0.3, -0.25) is 9.69 Å².